The van der Waals surface area contributed by atoms with E-state index in [0.717, 1.165) is 18.4 Å². The molecule has 5 heteroatoms. The maximum atomic E-state index is 12.5. The van der Waals surface area contributed by atoms with Crippen LogP contribution in [-0.4, -0.2) is 29.9 Å². The highest BCUT2D eigenvalue weighted by atomic mass is 16.6. The van der Waals surface area contributed by atoms with E-state index < -0.39 is 6.10 Å². The van der Waals surface area contributed by atoms with E-state index in [9.17, 15) is 14.4 Å². The van der Waals surface area contributed by atoms with Crippen molar-refractivity contribution >= 4 is 17.7 Å². The van der Waals surface area contributed by atoms with E-state index in [1.807, 2.05) is 13.0 Å². The molecule has 0 amide bonds. The molecule has 0 aromatic rings. The molecule has 2 fully saturated rings. The Morgan fingerprint density at radius 2 is 2.14 bits per heavy atom. The van der Waals surface area contributed by atoms with Gasteiger partial charge < -0.3 is 9.47 Å². The molecular weight excluding hydrogens is 284 g/mol. The van der Waals surface area contributed by atoms with Crippen molar-refractivity contribution in [2.75, 3.05) is 0 Å². The van der Waals surface area contributed by atoms with Crippen molar-refractivity contribution in [3.8, 4) is 0 Å². The molecule has 5 nitrogen and oxygen atoms in total. The van der Waals surface area contributed by atoms with Crippen LogP contribution in [0.25, 0.3) is 0 Å². The van der Waals surface area contributed by atoms with Crippen LogP contribution < -0.4 is 0 Å². The second-order valence-corrected chi connectivity index (χ2v) is 6.97. The number of Topliss-reactive ketones (excluding diaryl/α,β-unsaturated/α-hetero) is 1. The van der Waals surface area contributed by atoms with E-state index in [1.165, 1.54) is 6.92 Å². The molecule has 5 atom stereocenters. The predicted octanol–water partition coefficient (Wildman–Crippen LogP) is 2.19. The number of carbonyl (C=O) groups excluding carboxylic acids is 3. The van der Waals surface area contributed by atoms with Crippen molar-refractivity contribution < 1.29 is 23.9 Å². The van der Waals surface area contributed by atoms with Gasteiger partial charge in [-0.05, 0) is 12.8 Å². The van der Waals surface area contributed by atoms with Gasteiger partial charge in [0, 0.05) is 31.1 Å². The van der Waals surface area contributed by atoms with Gasteiger partial charge in [0.15, 0.2) is 11.9 Å². The Morgan fingerprint density at radius 1 is 1.41 bits per heavy atom. The van der Waals surface area contributed by atoms with Gasteiger partial charge in [-0.3, -0.25) is 14.4 Å². The standard InChI is InChI=1S/C17H22O5/c1-9-12-6-7-17(3)11(4-5-14(17)21-10(2)18)8-13(19)15(12)22-16(9)20/h4,9,12,14-15H,5-8H2,1-3H3/t9-,12-,14-,15-,17+/m0/s1. The Hall–Kier alpha value is -1.65. The summed E-state index contributed by atoms with van der Waals surface area (Å²) < 4.78 is 10.8. The maximum Gasteiger partial charge on any atom is 0.309 e. The van der Waals surface area contributed by atoms with Gasteiger partial charge in [0.2, 0.25) is 0 Å². The lowest BCUT2D eigenvalue weighted by Crippen LogP contribution is -2.39. The minimum absolute atomic E-state index is 0.0247. The summed E-state index contributed by atoms with van der Waals surface area (Å²) in [4.78, 5) is 35.7. The van der Waals surface area contributed by atoms with Crippen molar-refractivity contribution in [1.29, 1.82) is 0 Å². The normalized spacial score (nSPS) is 41.0. The molecule has 3 aliphatic rings. The van der Waals surface area contributed by atoms with E-state index in [4.69, 9.17) is 9.47 Å². The molecule has 0 N–H and O–H groups in total. The van der Waals surface area contributed by atoms with Crippen LogP contribution in [0.5, 0.6) is 0 Å². The molecule has 0 aromatic heterocycles. The molecule has 0 aromatic carbocycles. The average Bonchev–Trinajstić information content (AvgIpc) is 2.88. The van der Waals surface area contributed by atoms with Gasteiger partial charge in [0.1, 0.15) is 6.10 Å². The maximum absolute atomic E-state index is 12.5. The molecule has 0 radical (unpaired) electrons. The number of ketones is 1. The van der Waals surface area contributed by atoms with E-state index >= 15 is 0 Å². The Labute approximate surface area is 130 Å². The van der Waals surface area contributed by atoms with Crippen molar-refractivity contribution in [2.45, 2.75) is 58.7 Å². The summed E-state index contributed by atoms with van der Waals surface area (Å²) in [6.45, 7) is 5.31. The summed E-state index contributed by atoms with van der Waals surface area (Å²) in [6.07, 6.45) is 3.68. The van der Waals surface area contributed by atoms with Crippen LogP contribution >= 0.6 is 0 Å². The number of esters is 2. The Balaban J connectivity index is 1.87. The van der Waals surface area contributed by atoms with E-state index in [-0.39, 0.29) is 47.5 Å². The number of rotatable bonds is 1. The van der Waals surface area contributed by atoms with Gasteiger partial charge in [-0.2, -0.15) is 0 Å². The quantitative estimate of drug-likeness (QED) is 0.548. The van der Waals surface area contributed by atoms with Crippen LogP contribution in [0.15, 0.2) is 11.6 Å². The number of carbonyl (C=O) groups is 3. The van der Waals surface area contributed by atoms with Crippen LogP contribution in [-0.2, 0) is 23.9 Å². The van der Waals surface area contributed by atoms with Crippen LogP contribution in [0.1, 0.15) is 46.5 Å². The molecule has 0 spiro atoms. The molecule has 22 heavy (non-hydrogen) atoms. The SMILES string of the molecule is CC(=O)O[C@H]1CC=C2CC(=O)[C@H]3OC(=O)[C@@H](C)[C@@H]3CC[C@]21C. The molecule has 1 heterocycles. The molecule has 0 unspecified atom stereocenters. The van der Waals surface area contributed by atoms with Gasteiger partial charge in [-0.15, -0.1) is 0 Å². The molecular formula is C17H22O5. The minimum atomic E-state index is -0.597. The van der Waals surface area contributed by atoms with Crippen molar-refractivity contribution in [1.82, 2.24) is 0 Å². The molecule has 3 rings (SSSR count). The van der Waals surface area contributed by atoms with Crippen molar-refractivity contribution in [3.63, 3.8) is 0 Å². The third-order valence-electron chi connectivity index (χ3n) is 5.66. The predicted molar refractivity (Wildman–Crippen MR) is 77.8 cm³/mol. The molecule has 1 aliphatic heterocycles. The third-order valence-corrected chi connectivity index (χ3v) is 5.66. The Kier molecular flexibility index (Phi) is 3.62. The first-order valence-electron chi connectivity index (χ1n) is 7.93. The number of ether oxygens (including phenoxy) is 2. The monoisotopic (exact) mass is 306 g/mol. The van der Waals surface area contributed by atoms with Gasteiger partial charge in [0.25, 0.3) is 0 Å². The summed E-state index contributed by atoms with van der Waals surface area (Å²) in [5, 5.41) is 0. The fraction of sp³-hybridized carbons (Fsp3) is 0.706. The number of fused-ring (bicyclic) bond motifs is 2. The molecule has 0 bridgehead atoms. The number of hydrogen-bond donors (Lipinski definition) is 0. The lowest BCUT2D eigenvalue weighted by Gasteiger charge is -2.37. The van der Waals surface area contributed by atoms with Crippen molar-refractivity contribution in [3.05, 3.63) is 11.6 Å². The zero-order valence-corrected chi connectivity index (χ0v) is 13.3. The second kappa shape index (κ2) is 5.21. The fourth-order valence-electron chi connectivity index (χ4n) is 4.14. The first-order chi connectivity index (χ1) is 10.3. The van der Waals surface area contributed by atoms with Gasteiger partial charge in [0.05, 0.1) is 5.92 Å². The summed E-state index contributed by atoms with van der Waals surface area (Å²) >= 11 is 0. The zero-order chi connectivity index (χ0) is 16.1. The van der Waals surface area contributed by atoms with Crippen LogP contribution in [0.3, 0.4) is 0 Å². The largest absolute Gasteiger partial charge is 0.461 e. The smallest absolute Gasteiger partial charge is 0.309 e. The Morgan fingerprint density at radius 3 is 2.82 bits per heavy atom. The van der Waals surface area contributed by atoms with E-state index in [0.29, 0.717) is 6.42 Å². The van der Waals surface area contributed by atoms with E-state index in [1.54, 1.807) is 0 Å². The molecule has 2 aliphatic carbocycles. The average molecular weight is 306 g/mol. The van der Waals surface area contributed by atoms with Crippen molar-refractivity contribution in [2.24, 2.45) is 17.3 Å². The minimum Gasteiger partial charge on any atom is -0.461 e. The highest BCUT2D eigenvalue weighted by Gasteiger charge is 2.52. The summed E-state index contributed by atoms with van der Waals surface area (Å²) in [5.74, 6) is -0.886. The molecule has 120 valence electrons. The zero-order valence-electron chi connectivity index (χ0n) is 13.3. The van der Waals surface area contributed by atoms with E-state index in [2.05, 4.69) is 6.92 Å². The highest BCUT2D eigenvalue weighted by molar-refractivity contribution is 5.91. The molecule has 1 saturated carbocycles. The molecule has 1 saturated heterocycles. The number of hydrogen-bond acceptors (Lipinski definition) is 5. The third kappa shape index (κ3) is 2.27. The second-order valence-electron chi connectivity index (χ2n) is 6.97. The fourth-order valence-corrected chi connectivity index (χ4v) is 4.14. The lowest BCUT2D eigenvalue weighted by atomic mass is 9.69. The summed E-state index contributed by atoms with van der Waals surface area (Å²) in [5.41, 5.74) is 0.718. The van der Waals surface area contributed by atoms with Crippen LogP contribution in [0, 0.1) is 17.3 Å². The van der Waals surface area contributed by atoms with Crippen LogP contribution in [0.4, 0.5) is 0 Å². The van der Waals surface area contributed by atoms with Gasteiger partial charge >= 0.3 is 11.9 Å². The summed E-state index contributed by atoms with van der Waals surface area (Å²) in [7, 11) is 0. The lowest BCUT2D eigenvalue weighted by molar-refractivity contribution is -0.152. The Bertz CT molecular complexity index is 563. The van der Waals surface area contributed by atoms with Gasteiger partial charge in [-0.25, -0.2) is 0 Å². The van der Waals surface area contributed by atoms with Gasteiger partial charge in [-0.1, -0.05) is 25.5 Å². The highest BCUT2D eigenvalue weighted by Crippen LogP contribution is 2.50. The topological polar surface area (TPSA) is 69.7 Å². The first kappa shape index (κ1) is 15.3. The first-order valence-corrected chi connectivity index (χ1v) is 7.93. The summed E-state index contributed by atoms with van der Waals surface area (Å²) in [6, 6.07) is 0. The van der Waals surface area contributed by atoms with Crippen LogP contribution in [0.2, 0.25) is 0 Å².